The summed E-state index contributed by atoms with van der Waals surface area (Å²) in [5.41, 5.74) is 0. The summed E-state index contributed by atoms with van der Waals surface area (Å²) in [5.74, 6) is -0.326. The first-order valence-electron chi connectivity index (χ1n) is 5.31. The molecule has 1 unspecified atom stereocenters. The summed E-state index contributed by atoms with van der Waals surface area (Å²) in [6.07, 6.45) is 0.607. The van der Waals surface area contributed by atoms with E-state index in [1.807, 2.05) is 6.92 Å². The van der Waals surface area contributed by atoms with Gasteiger partial charge in [0.2, 0.25) is 5.91 Å². The molecule has 0 aliphatic carbocycles. The molecule has 1 aliphatic heterocycles. The molecule has 0 saturated carbocycles. The third kappa shape index (κ3) is 3.87. The number of carboxylic acid groups (broad SMARTS) is 1. The summed E-state index contributed by atoms with van der Waals surface area (Å²) in [6.45, 7) is 4.18. The summed E-state index contributed by atoms with van der Waals surface area (Å²) in [5, 5.41) is 14.3. The van der Waals surface area contributed by atoms with Gasteiger partial charge in [-0.05, 0) is 25.4 Å². The third-order valence-electron chi connectivity index (χ3n) is 2.80. The average molecular weight is 214 g/mol. The van der Waals surface area contributed by atoms with E-state index in [2.05, 4.69) is 10.6 Å². The van der Waals surface area contributed by atoms with Gasteiger partial charge in [-0.1, -0.05) is 6.92 Å². The Morgan fingerprint density at radius 3 is 2.67 bits per heavy atom. The van der Waals surface area contributed by atoms with Crippen molar-refractivity contribution in [2.24, 2.45) is 11.8 Å². The van der Waals surface area contributed by atoms with Crippen LogP contribution < -0.4 is 10.6 Å². The first-order valence-corrected chi connectivity index (χ1v) is 5.31. The molecule has 1 atom stereocenters. The lowest BCUT2D eigenvalue weighted by atomic mass is 9.88. The highest BCUT2D eigenvalue weighted by Crippen LogP contribution is 2.15. The minimum absolute atomic E-state index is 0.0241. The second kappa shape index (κ2) is 5.70. The summed E-state index contributed by atoms with van der Waals surface area (Å²) >= 11 is 0. The van der Waals surface area contributed by atoms with Crippen LogP contribution in [0.15, 0.2) is 0 Å². The van der Waals surface area contributed by atoms with E-state index in [4.69, 9.17) is 5.11 Å². The van der Waals surface area contributed by atoms with Gasteiger partial charge in [0, 0.05) is 18.9 Å². The van der Waals surface area contributed by atoms with Gasteiger partial charge in [0.25, 0.3) is 0 Å². The van der Waals surface area contributed by atoms with Crippen LogP contribution >= 0.6 is 0 Å². The maximum absolute atomic E-state index is 11.5. The smallest absolute Gasteiger partial charge is 0.303 e. The standard InChI is InChI=1S/C10H18N2O3/c1-7(8-5-11-6-8)10(15)12-4-2-3-9(13)14/h7-8,11H,2-6H2,1H3,(H,12,15)(H,13,14). The Kier molecular flexibility index (Phi) is 4.55. The number of hydrogen-bond donors (Lipinski definition) is 3. The molecule has 0 bridgehead atoms. The van der Waals surface area contributed by atoms with E-state index in [1.165, 1.54) is 0 Å². The first kappa shape index (κ1) is 12.0. The topological polar surface area (TPSA) is 78.4 Å². The molecule has 1 fully saturated rings. The highest BCUT2D eigenvalue weighted by atomic mass is 16.4. The Balaban J connectivity index is 2.09. The van der Waals surface area contributed by atoms with Crippen molar-refractivity contribution in [3.8, 4) is 0 Å². The fraction of sp³-hybridized carbons (Fsp3) is 0.800. The predicted molar refractivity (Wildman–Crippen MR) is 55.4 cm³/mol. The molecule has 0 aromatic heterocycles. The monoisotopic (exact) mass is 214 g/mol. The SMILES string of the molecule is CC(C(=O)NCCCC(=O)O)C1CNC1. The lowest BCUT2D eigenvalue weighted by Crippen LogP contribution is -2.49. The van der Waals surface area contributed by atoms with Gasteiger partial charge in [0.05, 0.1) is 0 Å². The molecular formula is C10H18N2O3. The molecule has 1 aliphatic rings. The van der Waals surface area contributed by atoms with E-state index >= 15 is 0 Å². The van der Waals surface area contributed by atoms with E-state index in [1.54, 1.807) is 0 Å². The fourth-order valence-electron chi connectivity index (χ4n) is 1.49. The van der Waals surface area contributed by atoms with E-state index in [0.29, 0.717) is 18.9 Å². The van der Waals surface area contributed by atoms with Crippen LogP contribution in [-0.2, 0) is 9.59 Å². The maximum atomic E-state index is 11.5. The Morgan fingerprint density at radius 1 is 1.53 bits per heavy atom. The highest BCUT2D eigenvalue weighted by Gasteiger charge is 2.28. The fourth-order valence-corrected chi connectivity index (χ4v) is 1.49. The summed E-state index contributed by atoms with van der Waals surface area (Å²) < 4.78 is 0. The van der Waals surface area contributed by atoms with E-state index in [9.17, 15) is 9.59 Å². The van der Waals surface area contributed by atoms with Crippen LogP contribution in [0.2, 0.25) is 0 Å². The molecule has 1 amide bonds. The minimum Gasteiger partial charge on any atom is -0.481 e. The van der Waals surface area contributed by atoms with Crippen LogP contribution in [0.5, 0.6) is 0 Å². The Labute approximate surface area is 89.2 Å². The summed E-state index contributed by atoms with van der Waals surface area (Å²) in [4.78, 5) is 21.8. The molecule has 1 saturated heterocycles. The van der Waals surface area contributed by atoms with E-state index in [0.717, 1.165) is 13.1 Å². The van der Waals surface area contributed by atoms with Gasteiger partial charge in [-0.3, -0.25) is 9.59 Å². The first-order chi connectivity index (χ1) is 7.11. The van der Waals surface area contributed by atoms with Gasteiger partial charge in [-0.2, -0.15) is 0 Å². The summed E-state index contributed by atoms with van der Waals surface area (Å²) in [6, 6.07) is 0. The highest BCUT2D eigenvalue weighted by molar-refractivity contribution is 5.78. The van der Waals surface area contributed by atoms with Crippen LogP contribution in [0.1, 0.15) is 19.8 Å². The predicted octanol–water partition coefficient (Wildman–Crippen LogP) is -0.177. The van der Waals surface area contributed by atoms with Gasteiger partial charge < -0.3 is 15.7 Å². The quantitative estimate of drug-likeness (QED) is 0.536. The second-order valence-electron chi connectivity index (χ2n) is 4.00. The van der Waals surface area contributed by atoms with Crippen LogP contribution in [0.3, 0.4) is 0 Å². The number of carboxylic acids is 1. The third-order valence-corrected chi connectivity index (χ3v) is 2.80. The van der Waals surface area contributed by atoms with Crippen molar-refractivity contribution >= 4 is 11.9 Å². The number of aliphatic carboxylic acids is 1. The van der Waals surface area contributed by atoms with Gasteiger partial charge >= 0.3 is 5.97 Å². The molecule has 3 N–H and O–H groups in total. The molecule has 0 aromatic carbocycles. The zero-order valence-electron chi connectivity index (χ0n) is 8.95. The number of amides is 1. The van der Waals surface area contributed by atoms with Crippen molar-refractivity contribution in [3.63, 3.8) is 0 Å². The van der Waals surface area contributed by atoms with Crippen LogP contribution in [-0.4, -0.2) is 36.6 Å². The zero-order chi connectivity index (χ0) is 11.3. The van der Waals surface area contributed by atoms with E-state index in [-0.39, 0.29) is 18.2 Å². The van der Waals surface area contributed by atoms with Crippen LogP contribution in [0.4, 0.5) is 0 Å². The second-order valence-corrected chi connectivity index (χ2v) is 4.00. The molecule has 15 heavy (non-hydrogen) atoms. The molecule has 1 rings (SSSR count). The van der Waals surface area contributed by atoms with Gasteiger partial charge in [0.1, 0.15) is 0 Å². The van der Waals surface area contributed by atoms with E-state index < -0.39 is 5.97 Å². The van der Waals surface area contributed by atoms with Gasteiger partial charge in [-0.25, -0.2) is 0 Å². The lowest BCUT2D eigenvalue weighted by molar-refractivity contribution is -0.137. The molecule has 86 valence electrons. The van der Waals surface area contributed by atoms with Crippen molar-refractivity contribution < 1.29 is 14.7 Å². The maximum Gasteiger partial charge on any atom is 0.303 e. The molecule has 1 heterocycles. The van der Waals surface area contributed by atoms with Crippen molar-refractivity contribution in [1.29, 1.82) is 0 Å². The normalized spacial score (nSPS) is 17.9. The number of nitrogens with one attached hydrogen (secondary N) is 2. The number of hydrogen-bond acceptors (Lipinski definition) is 3. The van der Waals surface area contributed by atoms with Gasteiger partial charge in [-0.15, -0.1) is 0 Å². The Hall–Kier alpha value is -1.10. The molecule has 0 aromatic rings. The lowest BCUT2D eigenvalue weighted by Gasteiger charge is -2.31. The molecule has 5 heteroatoms. The largest absolute Gasteiger partial charge is 0.481 e. The summed E-state index contributed by atoms with van der Waals surface area (Å²) in [7, 11) is 0. The zero-order valence-corrected chi connectivity index (χ0v) is 8.95. The molecule has 0 spiro atoms. The molecular weight excluding hydrogens is 196 g/mol. The molecule has 5 nitrogen and oxygen atoms in total. The van der Waals surface area contributed by atoms with Crippen molar-refractivity contribution in [3.05, 3.63) is 0 Å². The molecule has 0 radical (unpaired) electrons. The Morgan fingerprint density at radius 2 is 2.20 bits per heavy atom. The average Bonchev–Trinajstić information content (AvgIpc) is 2.08. The number of carbonyl (C=O) groups is 2. The van der Waals surface area contributed by atoms with Crippen molar-refractivity contribution in [2.45, 2.75) is 19.8 Å². The van der Waals surface area contributed by atoms with Crippen LogP contribution in [0.25, 0.3) is 0 Å². The van der Waals surface area contributed by atoms with Crippen molar-refractivity contribution in [2.75, 3.05) is 19.6 Å². The Bertz CT molecular complexity index is 239. The minimum atomic E-state index is -0.819. The van der Waals surface area contributed by atoms with Gasteiger partial charge in [0.15, 0.2) is 0 Å². The number of rotatable bonds is 6. The van der Waals surface area contributed by atoms with Crippen LogP contribution in [0, 0.1) is 11.8 Å². The van der Waals surface area contributed by atoms with Crippen molar-refractivity contribution in [1.82, 2.24) is 10.6 Å². The number of carbonyl (C=O) groups excluding carboxylic acids is 1.